The number of carbonyl (C=O) groups is 1. The molecule has 1 heterocycles. The van der Waals surface area contributed by atoms with E-state index < -0.39 is 17.5 Å². The van der Waals surface area contributed by atoms with Crippen LogP contribution < -0.4 is 5.32 Å². The zero-order valence-corrected chi connectivity index (χ0v) is 11.5. The third-order valence-electron chi connectivity index (χ3n) is 1.68. The zero-order chi connectivity index (χ0) is 13.1. The number of anilines is 1. The van der Waals surface area contributed by atoms with Crippen molar-refractivity contribution in [3.8, 4) is 0 Å². The van der Waals surface area contributed by atoms with Crippen molar-refractivity contribution < 1.29 is 13.9 Å². The zero-order valence-electron chi connectivity index (χ0n) is 9.88. The lowest BCUT2D eigenvalue weighted by Crippen LogP contribution is -2.27. The van der Waals surface area contributed by atoms with Crippen LogP contribution in [0.25, 0.3) is 0 Å². The average Bonchev–Trinajstić information content (AvgIpc) is 2.18. The Morgan fingerprint density at radius 3 is 2.76 bits per heavy atom. The first-order chi connectivity index (χ1) is 7.81. The van der Waals surface area contributed by atoms with Gasteiger partial charge in [0.05, 0.1) is 17.6 Å². The van der Waals surface area contributed by atoms with Gasteiger partial charge in [0.1, 0.15) is 5.60 Å². The number of nitrogens with zero attached hydrogens (tertiary/aromatic N) is 1. The smallest absolute Gasteiger partial charge is 0.412 e. The number of nitrogens with one attached hydrogen (secondary N) is 1. The van der Waals surface area contributed by atoms with Crippen LogP contribution in [0, 0.1) is 5.82 Å². The number of alkyl halides is 1. The summed E-state index contributed by atoms with van der Waals surface area (Å²) in [6.45, 7) is 5.21. The second-order valence-corrected chi connectivity index (χ2v) is 4.98. The molecule has 4 nitrogen and oxygen atoms in total. The van der Waals surface area contributed by atoms with Gasteiger partial charge in [-0.05, 0) is 26.8 Å². The average molecular weight is 305 g/mol. The summed E-state index contributed by atoms with van der Waals surface area (Å²) in [7, 11) is 0. The molecule has 0 bridgehead atoms. The van der Waals surface area contributed by atoms with Gasteiger partial charge in [0, 0.05) is 5.33 Å². The second-order valence-electron chi connectivity index (χ2n) is 4.42. The van der Waals surface area contributed by atoms with E-state index in [1.165, 1.54) is 6.07 Å². The van der Waals surface area contributed by atoms with E-state index in [9.17, 15) is 9.18 Å². The molecular formula is C11H14BrFN2O2. The fourth-order valence-corrected chi connectivity index (χ4v) is 1.37. The van der Waals surface area contributed by atoms with Gasteiger partial charge in [-0.2, -0.15) is 0 Å². The van der Waals surface area contributed by atoms with E-state index in [4.69, 9.17) is 4.74 Å². The number of hydrogen-bond donors (Lipinski definition) is 1. The first-order valence-corrected chi connectivity index (χ1v) is 6.14. The number of aromatic nitrogens is 1. The van der Waals surface area contributed by atoms with Gasteiger partial charge in [0.2, 0.25) is 0 Å². The lowest BCUT2D eigenvalue weighted by Gasteiger charge is -2.19. The summed E-state index contributed by atoms with van der Waals surface area (Å²) in [5.41, 5.74) is 0.0624. The van der Waals surface area contributed by atoms with Gasteiger partial charge >= 0.3 is 6.09 Å². The summed E-state index contributed by atoms with van der Waals surface area (Å²) in [5.74, 6) is -0.597. The van der Waals surface area contributed by atoms with Crippen LogP contribution in [0.1, 0.15) is 26.5 Å². The molecule has 1 aromatic rings. The molecule has 0 aromatic carbocycles. The minimum absolute atomic E-state index is 0.0590. The summed E-state index contributed by atoms with van der Waals surface area (Å²) < 4.78 is 18.4. The Hall–Kier alpha value is -1.17. The predicted molar refractivity (Wildman–Crippen MR) is 66.7 cm³/mol. The second kappa shape index (κ2) is 5.44. The van der Waals surface area contributed by atoms with E-state index in [2.05, 4.69) is 26.2 Å². The molecule has 6 heteroatoms. The number of hydrogen-bond acceptors (Lipinski definition) is 3. The summed E-state index contributed by atoms with van der Waals surface area (Å²) >= 11 is 3.20. The van der Waals surface area contributed by atoms with E-state index in [1.54, 1.807) is 20.8 Å². The van der Waals surface area contributed by atoms with Crippen molar-refractivity contribution in [2.75, 3.05) is 5.32 Å². The van der Waals surface area contributed by atoms with Crippen molar-refractivity contribution in [3.05, 3.63) is 23.8 Å². The monoisotopic (exact) mass is 304 g/mol. The van der Waals surface area contributed by atoms with Crippen LogP contribution in [0.4, 0.5) is 14.9 Å². The molecule has 0 spiro atoms. The minimum Gasteiger partial charge on any atom is -0.444 e. The summed E-state index contributed by atoms with van der Waals surface area (Å²) in [5, 5.41) is 2.83. The molecule has 94 valence electrons. The molecule has 1 amide bonds. The van der Waals surface area contributed by atoms with Gasteiger partial charge in [-0.3, -0.25) is 10.3 Å². The molecule has 0 saturated heterocycles. The van der Waals surface area contributed by atoms with Gasteiger partial charge in [0.15, 0.2) is 5.82 Å². The number of halogens is 2. The Kier molecular flexibility index (Phi) is 4.45. The highest BCUT2D eigenvalue weighted by molar-refractivity contribution is 9.08. The van der Waals surface area contributed by atoms with Gasteiger partial charge < -0.3 is 4.74 Å². The molecular weight excluding hydrogens is 291 g/mol. The molecule has 1 N–H and O–H groups in total. The van der Waals surface area contributed by atoms with E-state index in [0.717, 1.165) is 6.20 Å². The number of amides is 1. The van der Waals surface area contributed by atoms with Gasteiger partial charge in [-0.25, -0.2) is 9.18 Å². The van der Waals surface area contributed by atoms with Crippen molar-refractivity contribution in [1.82, 2.24) is 4.98 Å². The summed E-state index contributed by atoms with van der Waals surface area (Å²) in [6.07, 6.45) is 0.367. The first kappa shape index (κ1) is 13.9. The molecule has 1 aromatic heterocycles. The third-order valence-corrected chi connectivity index (χ3v) is 2.26. The van der Waals surface area contributed by atoms with Gasteiger partial charge in [0.25, 0.3) is 0 Å². The minimum atomic E-state index is -0.692. The Morgan fingerprint density at radius 1 is 1.59 bits per heavy atom. The maximum atomic E-state index is 13.4. The quantitative estimate of drug-likeness (QED) is 0.851. The summed E-state index contributed by atoms with van der Waals surface area (Å²) in [4.78, 5) is 15.3. The van der Waals surface area contributed by atoms with Gasteiger partial charge in [-0.15, -0.1) is 0 Å². The van der Waals surface area contributed by atoms with Crippen LogP contribution in [-0.4, -0.2) is 16.7 Å². The molecule has 0 saturated carbocycles. The fraction of sp³-hybridized carbons (Fsp3) is 0.455. The molecule has 0 unspecified atom stereocenters. The normalized spacial score (nSPS) is 11.1. The Bertz CT molecular complexity index is 418. The molecule has 1 rings (SSSR count). The largest absolute Gasteiger partial charge is 0.444 e. The first-order valence-electron chi connectivity index (χ1n) is 5.02. The van der Waals surface area contributed by atoms with E-state index >= 15 is 0 Å². The van der Waals surface area contributed by atoms with Crippen LogP contribution in [0.3, 0.4) is 0 Å². The van der Waals surface area contributed by atoms with E-state index in [1.807, 2.05) is 0 Å². The predicted octanol–water partition coefficient (Wildman–Crippen LogP) is 3.46. The molecule has 0 radical (unpaired) electrons. The van der Waals surface area contributed by atoms with Gasteiger partial charge in [-0.1, -0.05) is 15.9 Å². The number of ether oxygens (including phenoxy) is 1. The highest BCUT2D eigenvalue weighted by atomic mass is 79.9. The standard InChI is InChI=1S/C11H14BrFN2O2/c1-11(2,3)17-10(16)15-9-4-7(5-12)14-6-8(9)13/h4,6H,5H2,1-3H3,(H,14,15,16). The Balaban J connectivity index is 2.77. The maximum Gasteiger partial charge on any atom is 0.412 e. The van der Waals surface area contributed by atoms with Crippen LogP contribution in [0.15, 0.2) is 12.3 Å². The van der Waals surface area contributed by atoms with E-state index in [0.29, 0.717) is 11.0 Å². The SMILES string of the molecule is CC(C)(C)OC(=O)Nc1cc(CBr)ncc1F. The molecule has 0 aliphatic rings. The van der Waals surface area contributed by atoms with Crippen LogP contribution >= 0.6 is 15.9 Å². The number of carbonyl (C=O) groups excluding carboxylic acids is 1. The van der Waals surface area contributed by atoms with Crippen molar-refractivity contribution in [2.45, 2.75) is 31.7 Å². The highest BCUT2D eigenvalue weighted by Crippen LogP contribution is 2.17. The highest BCUT2D eigenvalue weighted by Gasteiger charge is 2.17. The Labute approximate surface area is 108 Å². The lowest BCUT2D eigenvalue weighted by molar-refractivity contribution is 0.0635. The number of rotatable bonds is 2. The number of pyridine rings is 1. The fourth-order valence-electron chi connectivity index (χ4n) is 1.06. The molecule has 17 heavy (non-hydrogen) atoms. The van der Waals surface area contributed by atoms with Crippen LogP contribution in [-0.2, 0) is 10.1 Å². The summed E-state index contributed by atoms with van der Waals surface area (Å²) in [6, 6.07) is 1.45. The van der Waals surface area contributed by atoms with Crippen molar-refractivity contribution in [1.29, 1.82) is 0 Å². The Morgan fingerprint density at radius 2 is 2.24 bits per heavy atom. The molecule has 0 atom stereocenters. The lowest BCUT2D eigenvalue weighted by atomic mass is 10.2. The van der Waals surface area contributed by atoms with Crippen LogP contribution in [0.5, 0.6) is 0 Å². The van der Waals surface area contributed by atoms with Crippen molar-refractivity contribution in [2.24, 2.45) is 0 Å². The van der Waals surface area contributed by atoms with Crippen molar-refractivity contribution in [3.63, 3.8) is 0 Å². The molecule has 0 aliphatic heterocycles. The molecule has 0 aliphatic carbocycles. The van der Waals surface area contributed by atoms with E-state index in [-0.39, 0.29) is 5.69 Å². The van der Waals surface area contributed by atoms with Crippen molar-refractivity contribution >= 4 is 27.7 Å². The van der Waals surface area contributed by atoms with Crippen LogP contribution in [0.2, 0.25) is 0 Å². The topological polar surface area (TPSA) is 51.2 Å². The maximum absolute atomic E-state index is 13.4. The molecule has 0 fully saturated rings. The third kappa shape index (κ3) is 4.68.